The molecule has 1 amide bonds. The maximum absolute atomic E-state index is 13.1. The number of aromatic hydroxyl groups is 2. The van der Waals surface area contributed by atoms with Gasteiger partial charge in [-0.1, -0.05) is 37.7 Å². The van der Waals surface area contributed by atoms with Gasteiger partial charge in [0, 0.05) is 21.0 Å². The number of amides is 1. The summed E-state index contributed by atoms with van der Waals surface area (Å²) in [5.41, 5.74) is 2.89. The normalized spacial score (nSPS) is 11.0. The zero-order valence-electron chi connectivity index (χ0n) is 20.7. The smallest absolute Gasteiger partial charge is 0.255 e. The number of carbonyl (C=O) groups is 1. The first-order valence-corrected chi connectivity index (χ1v) is 12.8. The zero-order chi connectivity index (χ0) is 26.6. The summed E-state index contributed by atoms with van der Waals surface area (Å²) in [6.07, 6.45) is 1.46. The zero-order valence-corrected chi connectivity index (χ0v) is 21.5. The van der Waals surface area contributed by atoms with E-state index in [1.807, 2.05) is 30.3 Å². The lowest BCUT2D eigenvalue weighted by atomic mass is 10.1. The Balaban J connectivity index is 1.52. The highest BCUT2D eigenvalue weighted by Crippen LogP contribution is 2.37. The van der Waals surface area contributed by atoms with Crippen molar-refractivity contribution in [1.82, 2.24) is 15.0 Å². The third-order valence-corrected chi connectivity index (χ3v) is 6.91. The number of anilines is 3. The molecule has 0 spiro atoms. The van der Waals surface area contributed by atoms with Gasteiger partial charge in [0.15, 0.2) is 5.65 Å². The Bertz CT molecular complexity index is 1620. The van der Waals surface area contributed by atoms with Gasteiger partial charge < -0.3 is 20.8 Å². The van der Waals surface area contributed by atoms with E-state index in [1.54, 1.807) is 42.5 Å². The van der Waals surface area contributed by atoms with Crippen LogP contribution in [0.25, 0.3) is 11.0 Å². The Morgan fingerprint density at radius 2 is 1.68 bits per heavy atom. The molecule has 0 aliphatic rings. The number of carbonyl (C=O) groups excluding carboxylic acids is 1. The second-order valence-corrected chi connectivity index (χ2v) is 10.0. The molecule has 0 bridgehead atoms. The molecule has 0 unspecified atom stereocenters. The molecule has 190 valence electrons. The largest absolute Gasteiger partial charge is 0.508 e. The van der Waals surface area contributed by atoms with Crippen molar-refractivity contribution in [3.05, 3.63) is 96.4 Å². The summed E-state index contributed by atoms with van der Waals surface area (Å²) in [5, 5.41) is 26.6. The van der Waals surface area contributed by atoms with E-state index in [-0.39, 0.29) is 23.3 Å². The van der Waals surface area contributed by atoms with Crippen LogP contribution in [0, 0.1) is 0 Å². The van der Waals surface area contributed by atoms with E-state index in [9.17, 15) is 15.0 Å². The van der Waals surface area contributed by atoms with Gasteiger partial charge in [-0.05, 0) is 72.6 Å². The Hall–Kier alpha value is -4.63. The van der Waals surface area contributed by atoms with E-state index in [1.165, 1.54) is 24.2 Å². The molecule has 5 rings (SSSR count). The van der Waals surface area contributed by atoms with Crippen molar-refractivity contribution in [2.45, 2.75) is 29.6 Å². The van der Waals surface area contributed by atoms with E-state index in [0.717, 1.165) is 20.9 Å². The summed E-state index contributed by atoms with van der Waals surface area (Å²) >= 11 is 1.48. The summed E-state index contributed by atoms with van der Waals surface area (Å²) in [6, 6.07) is 22.7. The predicted octanol–water partition coefficient (Wildman–Crippen LogP) is 6.71. The van der Waals surface area contributed by atoms with Gasteiger partial charge in [-0.15, -0.1) is 0 Å². The van der Waals surface area contributed by atoms with Gasteiger partial charge in [-0.2, -0.15) is 0 Å². The number of phenolic OH excluding ortho intramolecular Hbond substituents is 2. The molecule has 3 aromatic carbocycles. The number of phenols is 2. The van der Waals surface area contributed by atoms with Crippen LogP contribution in [0.15, 0.2) is 95.0 Å². The third kappa shape index (κ3) is 5.52. The summed E-state index contributed by atoms with van der Waals surface area (Å²) in [4.78, 5) is 28.3. The molecule has 4 N–H and O–H groups in total. The van der Waals surface area contributed by atoms with Crippen LogP contribution in [0.4, 0.5) is 17.2 Å². The second-order valence-electron chi connectivity index (χ2n) is 8.89. The lowest BCUT2D eigenvalue weighted by Gasteiger charge is -2.15. The molecule has 0 saturated heterocycles. The average molecular weight is 524 g/mol. The first-order valence-electron chi connectivity index (χ1n) is 12.0. The molecular formula is C29H25N5O3S. The van der Waals surface area contributed by atoms with Gasteiger partial charge in [0.1, 0.15) is 23.6 Å². The van der Waals surface area contributed by atoms with Gasteiger partial charge in [-0.3, -0.25) is 4.79 Å². The SMILES string of the molecule is CC(C)c1ccc2c(Nc3cc(C(=O)Nc4ccccc4O)ccc3Sc3ccc(O)cc3)ncnc2n1. The topological polar surface area (TPSA) is 120 Å². The van der Waals surface area contributed by atoms with Crippen LogP contribution in [-0.2, 0) is 0 Å². The number of nitrogens with one attached hydrogen (secondary N) is 2. The number of pyridine rings is 1. The number of hydrogen-bond donors (Lipinski definition) is 4. The van der Waals surface area contributed by atoms with Crippen LogP contribution in [0.1, 0.15) is 35.8 Å². The van der Waals surface area contributed by atoms with Crippen LogP contribution < -0.4 is 10.6 Å². The Morgan fingerprint density at radius 3 is 2.45 bits per heavy atom. The van der Waals surface area contributed by atoms with Crippen molar-refractivity contribution >= 4 is 45.9 Å². The molecule has 2 aromatic heterocycles. The molecule has 9 heteroatoms. The fourth-order valence-electron chi connectivity index (χ4n) is 3.78. The minimum absolute atomic E-state index is 0.0144. The monoisotopic (exact) mass is 523 g/mol. The van der Waals surface area contributed by atoms with Crippen LogP contribution in [-0.4, -0.2) is 31.1 Å². The number of nitrogens with zero attached hydrogens (tertiary/aromatic N) is 3. The van der Waals surface area contributed by atoms with Crippen molar-refractivity contribution in [2.24, 2.45) is 0 Å². The number of rotatable bonds is 7. The predicted molar refractivity (Wildman–Crippen MR) is 149 cm³/mol. The standard InChI is InChI=1S/C29H25N5O3S/c1-17(2)22-13-12-21-27(32-22)30-16-31-28(21)33-24-15-18(29(37)34-23-5-3-4-6-25(23)36)7-14-26(24)38-20-10-8-19(35)9-11-20/h3-17,35-36H,1-2H3,(H,34,37)(H,30,31,32,33). The highest BCUT2D eigenvalue weighted by molar-refractivity contribution is 7.99. The minimum Gasteiger partial charge on any atom is -0.508 e. The molecule has 8 nitrogen and oxygen atoms in total. The summed E-state index contributed by atoms with van der Waals surface area (Å²) < 4.78 is 0. The van der Waals surface area contributed by atoms with Crippen molar-refractivity contribution in [1.29, 1.82) is 0 Å². The van der Waals surface area contributed by atoms with E-state index >= 15 is 0 Å². The van der Waals surface area contributed by atoms with Crippen molar-refractivity contribution in [2.75, 3.05) is 10.6 Å². The van der Waals surface area contributed by atoms with Crippen LogP contribution in [0.5, 0.6) is 11.5 Å². The molecule has 0 aliphatic heterocycles. The number of hydrogen-bond acceptors (Lipinski definition) is 8. The molecule has 0 radical (unpaired) electrons. The van der Waals surface area contributed by atoms with E-state index < -0.39 is 0 Å². The fourth-order valence-corrected chi connectivity index (χ4v) is 4.66. The maximum Gasteiger partial charge on any atom is 0.255 e. The van der Waals surface area contributed by atoms with Gasteiger partial charge in [-0.25, -0.2) is 15.0 Å². The fraction of sp³-hybridized carbons (Fsp3) is 0.103. The highest BCUT2D eigenvalue weighted by atomic mass is 32.2. The Morgan fingerprint density at radius 1 is 0.895 bits per heavy atom. The van der Waals surface area contributed by atoms with Crippen molar-refractivity contribution in [3.63, 3.8) is 0 Å². The summed E-state index contributed by atoms with van der Waals surface area (Å²) in [7, 11) is 0. The second kappa shape index (κ2) is 10.8. The summed E-state index contributed by atoms with van der Waals surface area (Å²) in [6.45, 7) is 4.15. The van der Waals surface area contributed by atoms with Crippen LogP contribution in [0.3, 0.4) is 0 Å². The first kappa shape index (κ1) is 25.0. The number of para-hydroxylation sites is 2. The molecule has 0 saturated carbocycles. The molecule has 0 atom stereocenters. The molecule has 0 fully saturated rings. The lowest BCUT2D eigenvalue weighted by Crippen LogP contribution is -2.12. The molecular weight excluding hydrogens is 498 g/mol. The lowest BCUT2D eigenvalue weighted by molar-refractivity contribution is 0.102. The van der Waals surface area contributed by atoms with E-state index in [4.69, 9.17) is 0 Å². The molecule has 0 aliphatic carbocycles. The average Bonchev–Trinajstić information content (AvgIpc) is 2.92. The van der Waals surface area contributed by atoms with E-state index in [2.05, 4.69) is 39.4 Å². The van der Waals surface area contributed by atoms with Crippen molar-refractivity contribution in [3.8, 4) is 11.5 Å². The van der Waals surface area contributed by atoms with Gasteiger partial charge in [0.25, 0.3) is 5.91 Å². The minimum atomic E-state index is -0.369. The Kier molecular flexibility index (Phi) is 7.10. The van der Waals surface area contributed by atoms with Gasteiger partial charge in [0.05, 0.1) is 16.8 Å². The molecule has 5 aromatic rings. The highest BCUT2D eigenvalue weighted by Gasteiger charge is 2.15. The van der Waals surface area contributed by atoms with Crippen LogP contribution >= 0.6 is 11.8 Å². The molecule has 38 heavy (non-hydrogen) atoms. The number of benzene rings is 3. The Labute approximate surface area is 223 Å². The quantitative estimate of drug-likeness (QED) is 0.174. The number of fused-ring (bicyclic) bond motifs is 1. The van der Waals surface area contributed by atoms with Gasteiger partial charge in [0.2, 0.25) is 0 Å². The molecule has 2 heterocycles. The summed E-state index contributed by atoms with van der Waals surface area (Å²) in [5.74, 6) is 0.623. The number of aromatic nitrogens is 3. The van der Waals surface area contributed by atoms with Crippen molar-refractivity contribution < 1.29 is 15.0 Å². The van der Waals surface area contributed by atoms with E-state index in [0.29, 0.717) is 28.4 Å². The first-order chi connectivity index (χ1) is 18.4. The van der Waals surface area contributed by atoms with Gasteiger partial charge >= 0.3 is 0 Å². The van der Waals surface area contributed by atoms with Crippen LogP contribution in [0.2, 0.25) is 0 Å². The third-order valence-electron chi connectivity index (χ3n) is 5.82. The maximum atomic E-state index is 13.1.